The number of ether oxygens (including phenoxy) is 2. The molecule has 0 N–H and O–H groups in total. The van der Waals surface area contributed by atoms with E-state index in [0.717, 1.165) is 48.0 Å². The van der Waals surface area contributed by atoms with Crippen molar-refractivity contribution in [1.29, 1.82) is 0 Å². The van der Waals surface area contributed by atoms with Gasteiger partial charge in [0, 0.05) is 24.2 Å². The molecule has 0 amide bonds. The van der Waals surface area contributed by atoms with E-state index in [2.05, 4.69) is 16.1 Å². The Bertz CT molecular complexity index is 639. The third-order valence-corrected chi connectivity index (χ3v) is 4.21. The fourth-order valence-electron chi connectivity index (χ4n) is 3.08. The number of methoxy groups -OCH3 is 2. The Morgan fingerprint density at radius 1 is 1.27 bits per heavy atom. The lowest BCUT2D eigenvalue weighted by molar-refractivity contribution is 0.204. The summed E-state index contributed by atoms with van der Waals surface area (Å²) in [5, 5.41) is 4.02. The second-order valence-electron chi connectivity index (χ2n) is 5.68. The van der Waals surface area contributed by atoms with Crippen LogP contribution in [0.5, 0.6) is 11.5 Å². The van der Waals surface area contributed by atoms with E-state index in [-0.39, 0.29) is 0 Å². The van der Waals surface area contributed by atoms with Crippen molar-refractivity contribution in [3.8, 4) is 11.5 Å². The molecule has 1 atom stereocenters. The highest BCUT2D eigenvalue weighted by Crippen LogP contribution is 2.35. The maximum Gasteiger partial charge on any atom is 0.154 e. The van der Waals surface area contributed by atoms with Gasteiger partial charge in [-0.25, -0.2) is 0 Å². The first-order valence-corrected chi connectivity index (χ1v) is 7.59. The van der Waals surface area contributed by atoms with Crippen LogP contribution in [0, 0.1) is 6.92 Å². The highest BCUT2D eigenvalue weighted by Gasteiger charge is 2.29. The van der Waals surface area contributed by atoms with E-state index in [4.69, 9.17) is 14.0 Å². The lowest BCUT2D eigenvalue weighted by Crippen LogP contribution is -2.22. The molecule has 2 aromatic rings. The maximum atomic E-state index is 5.50. The van der Waals surface area contributed by atoms with E-state index in [1.165, 1.54) is 6.42 Å². The quantitative estimate of drug-likeness (QED) is 0.848. The Morgan fingerprint density at radius 2 is 2.14 bits per heavy atom. The fourth-order valence-corrected chi connectivity index (χ4v) is 3.08. The van der Waals surface area contributed by atoms with Crippen molar-refractivity contribution in [2.45, 2.75) is 32.4 Å². The van der Waals surface area contributed by atoms with E-state index >= 15 is 0 Å². The highest BCUT2D eigenvalue weighted by molar-refractivity contribution is 5.40. The second-order valence-corrected chi connectivity index (χ2v) is 5.68. The number of benzene rings is 1. The van der Waals surface area contributed by atoms with Crippen LogP contribution < -0.4 is 9.47 Å². The average Bonchev–Trinajstić information content (AvgIpc) is 3.16. The first-order chi connectivity index (χ1) is 10.7. The molecule has 118 valence electrons. The molecule has 1 unspecified atom stereocenters. The standard InChI is InChI=1S/C17H22N2O3/c1-12-9-17(22-18-12)15-5-4-8-19(15)11-13-6-7-14(20-2)10-16(13)21-3/h6-7,9-10,15H,4-5,8,11H2,1-3H3. The minimum atomic E-state index is 0.299. The fraction of sp³-hybridized carbons (Fsp3) is 0.471. The molecule has 0 bridgehead atoms. The molecule has 22 heavy (non-hydrogen) atoms. The highest BCUT2D eigenvalue weighted by atomic mass is 16.5. The summed E-state index contributed by atoms with van der Waals surface area (Å²) < 4.78 is 16.2. The Hall–Kier alpha value is -2.01. The largest absolute Gasteiger partial charge is 0.497 e. The molecule has 3 rings (SSSR count). The topological polar surface area (TPSA) is 47.7 Å². The van der Waals surface area contributed by atoms with Gasteiger partial charge in [0.1, 0.15) is 11.5 Å². The van der Waals surface area contributed by atoms with Gasteiger partial charge in [-0.15, -0.1) is 0 Å². The SMILES string of the molecule is COc1ccc(CN2CCCC2c2cc(C)no2)c(OC)c1. The van der Waals surface area contributed by atoms with Crippen LogP contribution in [0.2, 0.25) is 0 Å². The lowest BCUT2D eigenvalue weighted by Gasteiger charge is -2.23. The molecular weight excluding hydrogens is 280 g/mol. The molecule has 1 aliphatic rings. The first-order valence-electron chi connectivity index (χ1n) is 7.59. The van der Waals surface area contributed by atoms with E-state index in [1.807, 2.05) is 25.1 Å². The average molecular weight is 302 g/mol. The van der Waals surface area contributed by atoms with Crippen LogP contribution in [-0.2, 0) is 6.54 Å². The molecule has 1 aromatic heterocycles. The minimum Gasteiger partial charge on any atom is -0.497 e. The molecule has 5 heteroatoms. The summed E-state index contributed by atoms with van der Waals surface area (Å²) in [4.78, 5) is 2.42. The molecule has 0 aliphatic carbocycles. The van der Waals surface area contributed by atoms with Crippen molar-refractivity contribution in [3.05, 3.63) is 41.3 Å². The summed E-state index contributed by atoms with van der Waals surface area (Å²) in [5.41, 5.74) is 2.09. The number of hydrogen-bond acceptors (Lipinski definition) is 5. The number of aryl methyl sites for hydroxylation is 1. The number of rotatable bonds is 5. The third-order valence-electron chi connectivity index (χ3n) is 4.21. The van der Waals surface area contributed by atoms with Gasteiger partial charge in [-0.05, 0) is 32.4 Å². The first kappa shape index (κ1) is 14.9. The minimum absolute atomic E-state index is 0.299. The summed E-state index contributed by atoms with van der Waals surface area (Å²) in [5.74, 6) is 2.63. The predicted octanol–water partition coefficient (Wildman–Crippen LogP) is 3.34. The summed E-state index contributed by atoms with van der Waals surface area (Å²) in [6.45, 7) is 3.84. The molecule has 0 radical (unpaired) electrons. The zero-order chi connectivity index (χ0) is 15.5. The van der Waals surface area contributed by atoms with Gasteiger partial charge in [-0.1, -0.05) is 11.2 Å². The van der Waals surface area contributed by atoms with Gasteiger partial charge in [0.05, 0.1) is 26.0 Å². The lowest BCUT2D eigenvalue weighted by atomic mass is 10.1. The Kier molecular flexibility index (Phi) is 4.34. The van der Waals surface area contributed by atoms with Crippen LogP contribution in [0.1, 0.15) is 35.9 Å². The van der Waals surface area contributed by atoms with Crippen molar-refractivity contribution >= 4 is 0 Å². The third kappa shape index (κ3) is 2.95. The Balaban J connectivity index is 1.80. The molecule has 1 saturated heterocycles. The van der Waals surface area contributed by atoms with Crippen molar-refractivity contribution in [2.24, 2.45) is 0 Å². The summed E-state index contributed by atoms with van der Waals surface area (Å²) in [6.07, 6.45) is 2.27. The zero-order valence-corrected chi connectivity index (χ0v) is 13.3. The van der Waals surface area contributed by atoms with Gasteiger partial charge in [-0.2, -0.15) is 0 Å². The monoisotopic (exact) mass is 302 g/mol. The Morgan fingerprint density at radius 3 is 2.82 bits per heavy atom. The number of nitrogens with zero attached hydrogens (tertiary/aromatic N) is 2. The summed E-state index contributed by atoms with van der Waals surface area (Å²) in [6, 6.07) is 8.31. The van der Waals surface area contributed by atoms with Gasteiger partial charge in [-0.3, -0.25) is 4.90 Å². The van der Waals surface area contributed by atoms with Crippen LogP contribution in [0.15, 0.2) is 28.8 Å². The van der Waals surface area contributed by atoms with Gasteiger partial charge in [0.25, 0.3) is 0 Å². The number of likely N-dealkylation sites (tertiary alicyclic amines) is 1. The van der Waals surface area contributed by atoms with Crippen LogP contribution in [0.4, 0.5) is 0 Å². The normalized spacial score (nSPS) is 18.6. The predicted molar refractivity (Wildman–Crippen MR) is 83.2 cm³/mol. The molecular formula is C17H22N2O3. The summed E-state index contributed by atoms with van der Waals surface area (Å²) >= 11 is 0. The second kappa shape index (κ2) is 6.40. The van der Waals surface area contributed by atoms with Crippen molar-refractivity contribution in [3.63, 3.8) is 0 Å². The molecule has 2 heterocycles. The van der Waals surface area contributed by atoms with E-state index in [9.17, 15) is 0 Å². The van der Waals surface area contributed by atoms with Crippen molar-refractivity contribution < 1.29 is 14.0 Å². The van der Waals surface area contributed by atoms with E-state index in [1.54, 1.807) is 14.2 Å². The van der Waals surface area contributed by atoms with E-state index < -0.39 is 0 Å². The molecule has 1 fully saturated rings. The molecule has 0 spiro atoms. The molecule has 1 aliphatic heterocycles. The van der Waals surface area contributed by atoms with E-state index in [0.29, 0.717) is 6.04 Å². The van der Waals surface area contributed by atoms with Crippen LogP contribution in [-0.4, -0.2) is 30.8 Å². The Labute approximate surface area is 130 Å². The van der Waals surface area contributed by atoms with Gasteiger partial charge in [0.2, 0.25) is 0 Å². The molecule has 0 saturated carbocycles. The number of aromatic nitrogens is 1. The van der Waals surface area contributed by atoms with Gasteiger partial charge >= 0.3 is 0 Å². The van der Waals surface area contributed by atoms with Crippen molar-refractivity contribution in [2.75, 3.05) is 20.8 Å². The van der Waals surface area contributed by atoms with Crippen LogP contribution in [0.25, 0.3) is 0 Å². The van der Waals surface area contributed by atoms with Gasteiger partial charge < -0.3 is 14.0 Å². The number of hydrogen-bond donors (Lipinski definition) is 0. The van der Waals surface area contributed by atoms with Crippen molar-refractivity contribution in [1.82, 2.24) is 10.1 Å². The zero-order valence-electron chi connectivity index (χ0n) is 13.3. The van der Waals surface area contributed by atoms with Crippen LogP contribution >= 0.6 is 0 Å². The molecule has 5 nitrogen and oxygen atoms in total. The maximum absolute atomic E-state index is 5.50. The molecule has 1 aromatic carbocycles. The smallest absolute Gasteiger partial charge is 0.154 e. The van der Waals surface area contributed by atoms with Gasteiger partial charge in [0.15, 0.2) is 5.76 Å². The summed E-state index contributed by atoms with van der Waals surface area (Å²) in [7, 11) is 3.36. The van der Waals surface area contributed by atoms with Crippen LogP contribution in [0.3, 0.4) is 0 Å².